The first kappa shape index (κ1) is 13.7. The minimum absolute atomic E-state index is 0.0148. The Morgan fingerprint density at radius 1 is 1.59 bits per heavy atom. The van der Waals surface area contributed by atoms with E-state index in [1.165, 1.54) is 0 Å². The molecule has 0 atom stereocenters. The number of nitrogens with zero attached hydrogens (tertiary/aromatic N) is 2. The van der Waals surface area contributed by atoms with Crippen molar-refractivity contribution >= 4 is 5.91 Å². The van der Waals surface area contributed by atoms with Crippen LogP contribution in [-0.2, 0) is 16.1 Å². The van der Waals surface area contributed by atoms with Crippen LogP contribution in [0.3, 0.4) is 0 Å². The van der Waals surface area contributed by atoms with Crippen LogP contribution in [0.4, 0.5) is 0 Å². The van der Waals surface area contributed by atoms with E-state index >= 15 is 0 Å². The summed E-state index contributed by atoms with van der Waals surface area (Å²) in [6.07, 6.45) is 4.40. The third kappa shape index (κ3) is 4.56. The predicted molar refractivity (Wildman–Crippen MR) is 65.8 cm³/mol. The minimum atomic E-state index is 0.0148. The van der Waals surface area contributed by atoms with Gasteiger partial charge in [-0.05, 0) is 6.42 Å². The molecule has 17 heavy (non-hydrogen) atoms. The Morgan fingerprint density at radius 3 is 3.00 bits per heavy atom. The first-order valence-corrected chi connectivity index (χ1v) is 5.91. The Labute approximate surface area is 102 Å². The number of carbonyl (C=O) groups excluding carboxylic acids is 1. The Kier molecular flexibility index (Phi) is 5.69. The molecule has 0 saturated heterocycles. The van der Waals surface area contributed by atoms with Gasteiger partial charge in [0.15, 0.2) is 0 Å². The molecule has 1 aromatic heterocycles. The Balaban J connectivity index is 2.37. The molecule has 5 heteroatoms. The SMILES string of the molecule is COCCCNC(=O)Cn1ccnc1C(C)C. The average Bonchev–Trinajstić information content (AvgIpc) is 2.72. The van der Waals surface area contributed by atoms with Crippen LogP contribution in [0.5, 0.6) is 0 Å². The number of aromatic nitrogens is 2. The van der Waals surface area contributed by atoms with Crippen molar-refractivity contribution in [2.45, 2.75) is 32.7 Å². The Hall–Kier alpha value is -1.36. The largest absolute Gasteiger partial charge is 0.385 e. The lowest BCUT2D eigenvalue weighted by atomic mass is 10.2. The summed E-state index contributed by atoms with van der Waals surface area (Å²) in [6.45, 7) is 5.78. The summed E-state index contributed by atoms with van der Waals surface area (Å²) in [5, 5.41) is 2.85. The highest BCUT2D eigenvalue weighted by Gasteiger charge is 2.09. The van der Waals surface area contributed by atoms with Gasteiger partial charge in [0.1, 0.15) is 12.4 Å². The number of imidazole rings is 1. The number of carbonyl (C=O) groups is 1. The van der Waals surface area contributed by atoms with Crippen LogP contribution < -0.4 is 5.32 Å². The number of methoxy groups -OCH3 is 1. The summed E-state index contributed by atoms with van der Waals surface area (Å²) >= 11 is 0. The van der Waals surface area contributed by atoms with Crippen molar-refractivity contribution in [2.24, 2.45) is 0 Å². The number of nitrogens with one attached hydrogen (secondary N) is 1. The van der Waals surface area contributed by atoms with Gasteiger partial charge in [-0.25, -0.2) is 4.98 Å². The molecule has 0 fully saturated rings. The first-order valence-electron chi connectivity index (χ1n) is 5.91. The van der Waals surface area contributed by atoms with Gasteiger partial charge in [0, 0.05) is 38.6 Å². The zero-order valence-electron chi connectivity index (χ0n) is 10.8. The maximum Gasteiger partial charge on any atom is 0.239 e. The second kappa shape index (κ2) is 7.06. The molecule has 0 unspecified atom stereocenters. The Morgan fingerprint density at radius 2 is 2.35 bits per heavy atom. The van der Waals surface area contributed by atoms with Crippen LogP contribution >= 0.6 is 0 Å². The van der Waals surface area contributed by atoms with Gasteiger partial charge in [0.05, 0.1) is 0 Å². The number of hydrogen-bond acceptors (Lipinski definition) is 3. The topological polar surface area (TPSA) is 56.1 Å². The maximum atomic E-state index is 11.6. The molecule has 0 spiro atoms. The molecule has 0 aliphatic carbocycles. The van der Waals surface area contributed by atoms with Gasteiger partial charge in [-0.3, -0.25) is 4.79 Å². The summed E-state index contributed by atoms with van der Waals surface area (Å²) in [6, 6.07) is 0. The van der Waals surface area contributed by atoms with E-state index in [0.717, 1.165) is 12.2 Å². The summed E-state index contributed by atoms with van der Waals surface area (Å²) < 4.78 is 6.80. The Bertz CT molecular complexity index is 347. The smallest absolute Gasteiger partial charge is 0.239 e. The van der Waals surface area contributed by atoms with E-state index in [0.29, 0.717) is 25.6 Å². The second-order valence-corrected chi connectivity index (χ2v) is 4.26. The van der Waals surface area contributed by atoms with Gasteiger partial charge >= 0.3 is 0 Å². The fourth-order valence-electron chi connectivity index (χ4n) is 1.61. The van der Waals surface area contributed by atoms with Crippen LogP contribution in [0.15, 0.2) is 12.4 Å². The molecule has 1 aromatic rings. The molecule has 0 bridgehead atoms. The third-order valence-electron chi connectivity index (χ3n) is 2.43. The highest BCUT2D eigenvalue weighted by Crippen LogP contribution is 2.11. The van der Waals surface area contributed by atoms with E-state index in [1.807, 2.05) is 10.8 Å². The van der Waals surface area contributed by atoms with Crippen molar-refractivity contribution < 1.29 is 9.53 Å². The average molecular weight is 239 g/mol. The lowest BCUT2D eigenvalue weighted by Crippen LogP contribution is -2.29. The summed E-state index contributed by atoms with van der Waals surface area (Å²) in [7, 11) is 1.65. The van der Waals surface area contributed by atoms with Crippen molar-refractivity contribution in [1.82, 2.24) is 14.9 Å². The standard InChI is InChI=1S/C12H21N3O2/c1-10(2)12-14-6-7-15(12)9-11(16)13-5-4-8-17-3/h6-7,10H,4-5,8-9H2,1-3H3,(H,13,16). The molecule has 96 valence electrons. The second-order valence-electron chi connectivity index (χ2n) is 4.26. The quantitative estimate of drug-likeness (QED) is 0.726. The van der Waals surface area contributed by atoms with Crippen molar-refractivity contribution in [3.05, 3.63) is 18.2 Å². The van der Waals surface area contributed by atoms with Gasteiger partial charge < -0.3 is 14.6 Å². The molecule has 1 rings (SSSR count). The molecule has 1 N–H and O–H groups in total. The summed E-state index contributed by atoms with van der Waals surface area (Å²) in [5.41, 5.74) is 0. The zero-order valence-corrected chi connectivity index (χ0v) is 10.8. The number of rotatable bonds is 7. The van der Waals surface area contributed by atoms with Crippen LogP contribution in [0.25, 0.3) is 0 Å². The van der Waals surface area contributed by atoms with Gasteiger partial charge in [-0.15, -0.1) is 0 Å². The highest BCUT2D eigenvalue weighted by atomic mass is 16.5. The molecule has 0 aliphatic heterocycles. The van der Waals surface area contributed by atoms with Gasteiger partial charge in [0.25, 0.3) is 0 Å². The maximum absolute atomic E-state index is 11.6. The molecule has 5 nitrogen and oxygen atoms in total. The lowest BCUT2D eigenvalue weighted by Gasteiger charge is -2.10. The normalized spacial score (nSPS) is 10.8. The molecule has 0 radical (unpaired) electrons. The molecule has 0 aliphatic rings. The van der Waals surface area contributed by atoms with Crippen molar-refractivity contribution in [2.75, 3.05) is 20.3 Å². The van der Waals surface area contributed by atoms with E-state index in [9.17, 15) is 4.79 Å². The van der Waals surface area contributed by atoms with E-state index in [2.05, 4.69) is 24.1 Å². The van der Waals surface area contributed by atoms with E-state index in [-0.39, 0.29) is 5.91 Å². The van der Waals surface area contributed by atoms with Gasteiger partial charge in [0.2, 0.25) is 5.91 Å². The van der Waals surface area contributed by atoms with Gasteiger partial charge in [-0.2, -0.15) is 0 Å². The third-order valence-corrected chi connectivity index (χ3v) is 2.43. The summed E-state index contributed by atoms with van der Waals surface area (Å²) in [5.74, 6) is 1.28. The van der Waals surface area contributed by atoms with Crippen LogP contribution in [0, 0.1) is 0 Å². The molecule has 1 heterocycles. The lowest BCUT2D eigenvalue weighted by molar-refractivity contribution is -0.121. The monoisotopic (exact) mass is 239 g/mol. The van der Waals surface area contributed by atoms with E-state index in [4.69, 9.17) is 4.74 Å². The van der Waals surface area contributed by atoms with E-state index in [1.54, 1.807) is 13.3 Å². The fraction of sp³-hybridized carbons (Fsp3) is 0.667. The van der Waals surface area contributed by atoms with Crippen LogP contribution in [0.1, 0.15) is 32.0 Å². The number of amides is 1. The van der Waals surface area contributed by atoms with Gasteiger partial charge in [-0.1, -0.05) is 13.8 Å². The zero-order chi connectivity index (χ0) is 12.7. The van der Waals surface area contributed by atoms with Crippen molar-refractivity contribution in [3.63, 3.8) is 0 Å². The van der Waals surface area contributed by atoms with Crippen molar-refractivity contribution in [1.29, 1.82) is 0 Å². The highest BCUT2D eigenvalue weighted by molar-refractivity contribution is 5.75. The van der Waals surface area contributed by atoms with Crippen LogP contribution in [0.2, 0.25) is 0 Å². The fourth-order valence-corrected chi connectivity index (χ4v) is 1.61. The first-order chi connectivity index (χ1) is 8.15. The van der Waals surface area contributed by atoms with Crippen molar-refractivity contribution in [3.8, 4) is 0 Å². The predicted octanol–water partition coefficient (Wildman–Crippen LogP) is 1.16. The van der Waals surface area contributed by atoms with E-state index < -0.39 is 0 Å². The molecule has 0 aromatic carbocycles. The number of ether oxygens (including phenoxy) is 1. The summed E-state index contributed by atoms with van der Waals surface area (Å²) in [4.78, 5) is 15.9. The molecular formula is C12H21N3O2. The molecule has 1 amide bonds. The minimum Gasteiger partial charge on any atom is -0.385 e. The molecular weight excluding hydrogens is 218 g/mol. The van der Waals surface area contributed by atoms with Crippen LogP contribution in [-0.4, -0.2) is 35.7 Å². The molecule has 0 saturated carbocycles. The number of hydrogen-bond donors (Lipinski definition) is 1.